The van der Waals surface area contributed by atoms with Crippen LogP contribution in [-0.4, -0.2) is 31.8 Å². The van der Waals surface area contributed by atoms with Crippen molar-refractivity contribution in [2.45, 2.75) is 20.3 Å². The summed E-state index contributed by atoms with van der Waals surface area (Å²) >= 11 is 0. The molecule has 1 aliphatic heterocycles. The van der Waals surface area contributed by atoms with Crippen LogP contribution in [0.4, 0.5) is 0 Å². The molecule has 2 atom stereocenters. The molecular formula is C9H19NO. The van der Waals surface area contributed by atoms with Gasteiger partial charge in [0.05, 0.1) is 6.73 Å². The van der Waals surface area contributed by atoms with Gasteiger partial charge in [-0.1, -0.05) is 13.8 Å². The van der Waals surface area contributed by atoms with E-state index in [1.54, 1.807) is 7.11 Å². The lowest BCUT2D eigenvalue weighted by atomic mass is 9.92. The molecule has 0 saturated carbocycles. The normalized spacial score (nSPS) is 34.1. The quantitative estimate of drug-likeness (QED) is 0.603. The van der Waals surface area contributed by atoms with E-state index >= 15 is 0 Å². The van der Waals surface area contributed by atoms with Crippen molar-refractivity contribution in [2.75, 3.05) is 26.9 Å². The van der Waals surface area contributed by atoms with E-state index in [0.29, 0.717) is 0 Å². The Morgan fingerprint density at radius 3 is 2.27 bits per heavy atom. The third-order valence-corrected chi connectivity index (χ3v) is 2.26. The summed E-state index contributed by atoms with van der Waals surface area (Å²) in [4.78, 5) is 2.39. The molecule has 2 heteroatoms. The maximum atomic E-state index is 5.10. The summed E-state index contributed by atoms with van der Waals surface area (Å²) < 4.78 is 5.10. The van der Waals surface area contributed by atoms with Gasteiger partial charge in [0.1, 0.15) is 0 Å². The standard InChI is InChI=1S/C9H19NO/c1-8-4-9(2)6-10(5-8)7-11-3/h8-9H,4-7H2,1-3H3. The van der Waals surface area contributed by atoms with Gasteiger partial charge in [-0.25, -0.2) is 0 Å². The molecule has 0 radical (unpaired) electrons. The number of rotatable bonds is 2. The first-order valence-electron chi connectivity index (χ1n) is 4.43. The molecule has 0 amide bonds. The molecule has 0 aromatic heterocycles. The smallest absolute Gasteiger partial charge is 0.0986 e. The van der Waals surface area contributed by atoms with Gasteiger partial charge in [-0.15, -0.1) is 0 Å². The van der Waals surface area contributed by atoms with Crippen molar-refractivity contribution in [1.82, 2.24) is 4.90 Å². The average Bonchev–Trinajstić information content (AvgIpc) is 1.85. The molecule has 1 rings (SSSR count). The van der Waals surface area contributed by atoms with Crippen LogP contribution in [0.5, 0.6) is 0 Å². The predicted molar refractivity (Wildman–Crippen MR) is 46.4 cm³/mol. The Kier molecular flexibility index (Phi) is 3.34. The number of piperidine rings is 1. The first kappa shape index (κ1) is 9.01. The van der Waals surface area contributed by atoms with E-state index in [4.69, 9.17) is 4.74 Å². The Labute approximate surface area is 69.5 Å². The predicted octanol–water partition coefficient (Wildman–Crippen LogP) is 1.57. The molecule has 0 bridgehead atoms. The third-order valence-electron chi connectivity index (χ3n) is 2.26. The van der Waals surface area contributed by atoms with Crippen LogP contribution < -0.4 is 0 Å². The Hall–Kier alpha value is -0.0800. The van der Waals surface area contributed by atoms with Crippen LogP contribution in [0.25, 0.3) is 0 Å². The van der Waals surface area contributed by atoms with E-state index in [9.17, 15) is 0 Å². The van der Waals surface area contributed by atoms with Gasteiger partial charge in [0.15, 0.2) is 0 Å². The molecule has 11 heavy (non-hydrogen) atoms. The fourth-order valence-corrected chi connectivity index (χ4v) is 2.08. The second-order valence-electron chi connectivity index (χ2n) is 3.90. The molecular weight excluding hydrogens is 138 g/mol. The van der Waals surface area contributed by atoms with Crippen LogP contribution in [0.1, 0.15) is 20.3 Å². The third kappa shape index (κ3) is 2.80. The van der Waals surface area contributed by atoms with Crippen molar-refractivity contribution in [3.8, 4) is 0 Å². The van der Waals surface area contributed by atoms with E-state index < -0.39 is 0 Å². The van der Waals surface area contributed by atoms with Gasteiger partial charge < -0.3 is 4.74 Å². The molecule has 1 heterocycles. The summed E-state index contributed by atoms with van der Waals surface area (Å²) in [6.07, 6.45) is 1.38. The zero-order valence-corrected chi connectivity index (χ0v) is 7.84. The summed E-state index contributed by atoms with van der Waals surface area (Å²) in [5.41, 5.74) is 0. The Balaban J connectivity index is 2.30. The summed E-state index contributed by atoms with van der Waals surface area (Å²) in [6.45, 7) is 7.85. The molecule has 0 aliphatic carbocycles. The van der Waals surface area contributed by atoms with E-state index in [-0.39, 0.29) is 0 Å². The lowest BCUT2D eigenvalue weighted by Crippen LogP contribution is -2.39. The topological polar surface area (TPSA) is 12.5 Å². The molecule has 1 aliphatic rings. The van der Waals surface area contributed by atoms with Gasteiger partial charge in [-0.3, -0.25) is 4.90 Å². The maximum absolute atomic E-state index is 5.10. The number of nitrogens with zero attached hydrogens (tertiary/aromatic N) is 1. The monoisotopic (exact) mass is 157 g/mol. The maximum Gasteiger partial charge on any atom is 0.0986 e. The molecule has 0 aromatic rings. The van der Waals surface area contributed by atoms with Crippen LogP contribution in [0.15, 0.2) is 0 Å². The minimum absolute atomic E-state index is 0.800. The molecule has 0 spiro atoms. The summed E-state index contributed by atoms with van der Waals surface area (Å²) in [5, 5.41) is 0. The largest absolute Gasteiger partial charge is 0.369 e. The molecule has 66 valence electrons. The summed E-state index contributed by atoms with van der Waals surface area (Å²) in [7, 11) is 1.77. The van der Waals surface area contributed by atoms with E-state index in [1.807, 2.05) is 0 Å². The number of ether oxygens (including phenoxy) is 1. The average molecular weight is 157 g/mol. The van der Waals surface area contributed by atoms with Crippen LogP contribution >= 0.6 is 0 Å². The molecule has 0 aromatic carbocycles. The molecule has 1 saturated heterocycles. The van der Waals surface area contributed by atoms with E-state index in [0.717, 1.165) is 18.6 Å². The van der Waals surface area contributed by atoms with Crippen molar-refractivity contribution in [2.24, 2.45) is 11.8 Å². The lowest BCUT2D eigenvalue weighted by molar-refractivity contribution is 0.0211. The highest BCUT2D eigenvalue weighted by Crippen LogP contribution is 2.20. The van der Waals surface area contributed by atoms with Gasteiger partial charge in [0.2, 0.25) is 0 Å². The second-order valence-corrected chi connectivity index (χ2v) is 3.90. The SMILES string of the molecule is COCN1CC(C)CC(C)C1. The van der Waals surface area contributed by atoms with E-state index in [2.05, 4.69) is 18.7 Å². The van der Waals surface area contributed by atoms with Gasteiger partial charge >= 0.3 is 0 Å². The van der Waals surface area contributed by atoms with Crippen molar-refractivity contribution in [3.05, 3.63) is 0 Å². The fourth-order valence-electron chi connectivity index (χ4n) is 2.08. The number of hydrogen-bond donors (Lipinski definition) is 0. The van der Waals surface area contributed by atoms with Gasteiger partial charge in [-0.2, -0.15) is 0 Å². The summed E-state index contributed by atoms with van der Waals surface area (Å²) in [5.74, 6) is 1.68. The van der Waals surface area contributed by atoms with Crippen molar-refractivity contribution in [1.29, 1.82) is 0 Å². The van der Waals surface area contributed by atoms with Gasteiger partial charge in [0, 0.05) is 20.2 Å². The number of hydrogen-bond acceptors (Lipinski definition) is 2. The van der Waals surface area contributed by atoms with Crippen LogP contribution in [0.3, 0.4) is 0 Å². The highest BCUT2D eigenvalue weighted by molar-refractivity contribution is 4.72. The second kappa shape index (κ2) is 4.07. The molecule has 2 unspecified atom stereocenters. The first-order chi connectivity index (χ1) is 5.22. The van der Waals surface area contributed by atoms with Gasteiger partial charge in [-0.05, 0) is 18.3 Å². The highest BCUT2D eigenvalue weighted by Gasteiger charge is 2.20. The van der Waals surface area contributed by atoms with Crippen molar-refractivity contribution in [3.63, 3.8) is 0 Å². The molecule has 1 fully saturated rings. The zero-order chi connectivity index (χ0) is 8.27. The Bertz CT molecular complexity index is 106. The molecule has 0 N–H and O–H groups in total. The van der Waals surface area contributed by atoms with Crippen LogP contribution in [0.2, 0.25) is 0 Å². The Morgan fingerprint density at radius 1 is 1.27 bits per heavy atom. The minimum atomic E-state index is 0.800. The minimum Gasteiger partial charge on any atom is -0.369 e. The lowest BCUT2D eigenvalue weighted by Gasteiger charge is -2.34. The van der Waals surface area contributed by atoms with Crippen molar-refractivity contribution >= 4 is 0 Å². The Morgan fingerprint density at radius 2 is 1.82 bits per heavy atom. The van der Waals surface area contributed by atoms with Crippen molar-refractivity contribution < 1.29 is 4.74 Å². The van der Waals surface area contributed by atoms with Crippen LogP contribution in [-0.2, 0) is 4.74 Å². The fraction of sp³-hybridized carbons (Fsp3) is 1.00. The summed E-state index contributed by atoms with van der Waals surface area (Å²) in [6, 6.07) is 0. The highest BCUT2D eigenvalue weighted by atomic mass is 16.5. The number of likely N-dealkylation sites (tertiary alicyclic amines) is 1. The van der Waals surface area contributed by atoms with Crippen LogP contribution in [0, 0.1) is 11.8 Å². The zero-order valence-electron chi connectivity index (χ0n) is 7.84. The van der Waals surface area contributed by atoms with E-state index in [1.165, 1.54) is 19.5 Å². The molecule has 2 nitrogen and oxygen atoms in total. The number of methoxy groups -OCH3 is 1. The first-order valence-corrected chi connectivity index (χ1v) is 4.43. The van der Waals surface area contributed by atoms with Gasteiger partial charge in [0.25, 0.3) is 0 Å².